The predicted octanol–water partition coefficient (Wildman–Crippen LogP) is 0.627. The molecular formula is C18H33N3O2. The molecule has 4 rings (SSSR count). The van der Waals surface area contributed by atoms with E-state index in [0.717, 1.165) is 44.7 Å². The second kappa shape index (κ2) is 6.26. The molecule has 1 spiro atoms. The first kappa shape index (κ1) is 16.3. The summed E-state index contributed by atoms with van der Waals surface area (Å²) in [5.41, 5.74) is 0.299. The van der Waals surface area contributed by atoms with Crippen LogP contribution in [-0.2, 0) is 4.74 Å². The Bertz CT molecular complexity index is 418. The first-order chi connectivity index (χ1) is 11.1. The summed E-state index contributed by atoms with van der Waals surface area (Å²) >= 11 is 0. The molecule has 0 saturated carbocycles. The van der Waals surface area contributed by atoms with E-state index in [4.69, 9.17) is 4.74 Å². The summed E-state index contributed by atoms with van der Waals surface area (Å²) in [5.74, 6) is 0.719. The zero-order valence-corrected chi connectivity index (χ0v) is 14.8. The number of hydrogen-bond donors (Lipinski definition) is 1. The van der Waals surface area contributed by atoms with Crippen molar-refractivity contribution in [1.29, 1.82) is 0 Å². The van der Waals surface area contributed by atoms with Gasteiger partial charge >= 0.3 is 0 Å². The molecule has 0 unspecified atom stereocenters. The smallest absolute Gasteiger partial charge is 0.0682 e. The summed E-state index contributed by atoms with van der Waals surface area (Å²) < 4.78 is 5.52. The molecule has 0 aromatic rings. The van der Waals surface area contributed by atoms with Crippen molar-refractivity contribution in [3.8, 4) is 0 Å². The fraction of sp³-hybridized carbons (Fsp3) is 1.00. The lowest BCUT2D eigenvalue weighted by molar-refractivity contribution is -0.137. The summed E-state index contributed by atoms with van der Waals surface area (Å²) in [5, 5.41) is 10.2. The number of β-amino-alcohol motifs (C(OH)–C–C–N with tert-alkyl or cyclic N) is 1. The number of nitrogens with zero attached hydrogens (tertiary/aromatic N) is 3. The summed E-state index contributed by atoms with van der Waals surface area (Å²) in [6.07, 6.45) is 3.23. The van der Waals surface area contributed by atoms with Gasteiger partial charge in [-0.2, -0.15) is 0 Å². The number of rotatable bonds is 3. The molecule has 5 heteroatoms. The molecule has 0 radical (unpaired) electrons. The molecule has 23 heavy (non-hydrogen) atoms. The lowest BCUT2D eigenvalue weighted by atomic mass is 9.81. The summed E-state index contributed by atoms with van der Waals surface area (Å²) in [4.78, 5) is 8.03. The van der Waals surface area contributed by atoms with Gasteiger partial charge in [0.15, 0.2) is 0 Å². The monoisotopic (exact) mass is 323 g/mol. The van der Waals surface area contributed by atoms with Crippen molar-refractivity contribution in [2.75, 3.05) is 52.5 Å². The van der Waals surface area contributed by atoms with Crippen LogP contribution >= 0.6 is 0 Å². The van der Waals surface area contributed by atoms with Gasteiger partial charge in [0.25, 0.3) is 0 Å². The standard InChI is InChI=1S/C18H33N3O2/c1-14(2)8-19-9-16-7-17(22)10-21(16)18(11-19)12-20(13-18)15-3-5-23-6-4-15/h14-17,22H,3-13H2,1-2H3/t16-,17-/m1/s1. The van der Waals surface area contributed by atoms with Crippen molar-refractivity contribution in [3.05, 3.63) is 0 Å². The first-order valence-electron chi connectivity index (χ1n) is 9.55. The second-order valence-corrected chi connectivity index (χ2v) is 8.76. The van der Waals surface area contributed by atoms with E-state index in [1.165, 1.54) is 39.0 Å². The zero-order valence-electron chi connectivity index (χ0n) is 14.8. The number of aliphatic hydroxyl groups is 1. The Morgan fingerprint density at radius 1 is 1.09 bits per heavy atom. The molecule has 0 aromatic carbocycles. The van der Waals surface area contributed by atoms with Crippen molar-refractivity contribution in [2.45, 2.75) is 56.8 Å². The van der Waals surface area contributed by atoms with Gasteiger partial charge < -0.3 is 9.84 Å². The summed E-state index contributed by atoms with van der Waals surface area (Å²) in [6, 6.07) is 1.29. The van der Waals surface area contributed by atoms with E-state index in [-0.39, 0.29) is 6.10 Å². The van der Waals surface area contributed by atoms with Crippen LogP contribution in [0.5, 0.6) is 0 Å². The Balaban J connectivity index is 1.45. The average molecular weight is 323 g/mol. The number of likely N-dealkylation sites (tertiary alicyclic amines) is 1. The third kappa shape index (κ3) is 3.07. The third-order valence-corrected chi connectivity index (χ3v) is 6.31. The number of hydrogen-bond acceptors (Lipinski definition) is 5. The minimum Gasteiger partial charge on any atom is -0.392 e. The van der Waals surface area contributed by atoms with Crippen LogP contribution in [0.3, 0.4) is 0 Å². The zero-order chi connectivity index (χ0) is 16.0. The average Bonchev–Trinajstić information content (AvgIpc) is 2.84. The van der Waals surface area contributed by atoms with Gasteiger partial charge in [0.05, 0.1) is 11.6 Å². The third-order valence-electron chi connectivity index (χ3n) is 6.31. The minimum absolute atomic E-state index is 0.118. The fourth-order valence-electron chi connectivity index (χ4n) is 5.47. The van der Waals surface area contributed by atoms with Gasteiger partial charge in [-0.15, -0.1) is 0 Å². The second-order valence-electron chi connectivity index (χ2n) is 8.76. The van der Waals surface area contributed by atoms with Gasteiger partial charge in [-0.05, 0) is 25.2 Å². The lowest BCUT2D eigenvalue weighted by Gasteiger charge is -2.63. The molecule has 0 aromatic heterocycles. The van der Waals surface area contributed by atoms with Crippen LogP contribution in [0, 0.1) is 5.92 Å². The Kier molecular flexibility index (Phi) is 4.43. The molecule has 0 aliphatic carbocycles. The molecule has 4 aliphatic rings. The molecule has 4 heterocycles. The Morgan fingerprint density at radius 2 is 1.83 bits per heavy atom. The van der Waals surface area contributed by atoms with Crippen LogP contribution < -0.4 is 0 Å². The highest BCUT2D eigenvalue weighted by atomic mass is 16.5. The van der Waals surface area contributed by atoms with Gasteiger partial charge in [0.2, 0.25) is 0 Å². The van der Waals surface area contributed by atoms with E-state index in [1.54, 1.807) is 0 Å². The SMILES string of the molecule is CC(C)CN1C[C@H]2C[C@@H](O)CN2C2(C1)CN(C1CCOCC1)C2. The predicted molar refractivity (Wildman–Crippen MR) is 90.5 cm³/mol. The van der Waals surface area contributed by atoms with Crippen LogP contribution in [-0.4, -0.2) is 96.0 Å². The quantitative estimate of drug-likeness (QED) is 0.825. The van der Waals surface area contributed by atoms with Crippen molar-refractivity contribution >= 4 is 0 Å². The molecule has 1 N–H and O–H groups in total. The van der Waals surface area contributed by atoms with E-state index in [9.17, 15) is 5.11 Å². The molecule has 2 atom stereocenters. The number of fused-ring (bicyclic) bond motifs is 2. The fourth-order valence-corrected chi connectivity index (χ4v) is 5.47. The first-order valence-corrected chi connectivity index (χ1v) is 9.55. The Hall–Kier alpha value is -0.200. The Labute approximate surface area is 140 Å². The van der Waals surface area contributed by atoms with Crippen molar-refractivity contribution in [2.24, 2.45) is 5.92 Å². The van der Waals surface area contributed by atoms with E-state index < -0.39 is 0 Å². The maximum Gasteiger partial charge on any atom is 0.0682 e. The van der Waals surface area contributed by atoms with Crippen LogP contribution in [0.25, 0.3) is 0 Å². The maximum absolute atomic E-state index is 10.2. The van der Waals surface area contributed by atoms with Crippen molar-refractivity contribution < 1.29 is 9.84 Å². The van der Waals surface area contributed by atoms with Crippen LogP contribution in [0.1, 0.15) is 33.1 Å². The van der Waals surface area contributed by atoms with Gasteiger partial charge in [0.1, 0.15) is 0 Å². The molecule has 4 aliphatic heterocycles. The van der Waals surface area contributed by atoms with E-state index >= 15 is 0 Å². The van der Waals surface area contributed by atoms with Gasteiger partial charge in [-0.3, -0.25) is 14.7 Å². The Morgan fingerprint density at radius 3 is 2.52 bits per heavy atom. The van der Waals surface area contributed by atoms with Gasteiger partial charge in [-0.1, -0.05) is 13.8 Å². The number of ether oxygens (including phenoxy) is 1. The van der Waals surface area contributed by atoms with Crippen molar-refractivity contribution in [1.82, 2.24) is 14.7 Å². The summed E-state index contributed by atoms with van der Waals surface area (Å²) in [7, 11) is 0. The molecule has 132 valence electrons. The van der Waals surface area contributed by atoms with Crippen LogP contribution in [0.4, 0.5) is 0 Å². The number of piperazine rings is 1. The number of aliphatic hydroxyl groups excluding tert-OH is 1. The van der Waals surface area contributed by atoms with Crippen LogP contribution in [0.2, 0.25) is 0 Å². The normalized spacial score (nSPS) is 36.5. The summed E-state index contributed by atoms with van der Waals surface area (Å²) in [6.45, 7) is 13.3. The van der Waals surface area contributed by atoms with E-state index in [0.29, 0.717) is 11.6 Å². The topological polar surface area (TPSA) is 39.2 Å². The van der Waals surface area contributed by atoms with Crippen LogP contribution in [0.15, 0.2) is 0 Å². The lowest BCUT2D eigenvalue weighted by Crippen LogP contribution is -2.79. The molecule has 4 saturated heterocycles. The largest absolute Gasteiger partial charge is 0.392 e. The van der Waals surface area contributed by atoms with E-state index in [2.05, 4.69) is 28.5 Å². The highest BCUT2D eigenvalue weighted by Gasteiger charge is 2.56. The van der Waals surface area contributed by atoms with Gasteiger partial charge in [-0.25, -0.2) is 0 Å². The highest BCUT2D eigenvalue weighted by molar-refractivity contribution is 5.14. The van der Waals surface area contributed by atoms with Gasteiger partial charge in [0, 0.05) is 64.6 Å². The molecule has 0 amide bonds. The minimum atomic E-state index is -0.118. The molecule has 5 nitrogen and oxygen atoms in total. The molecular weight excluding hydrogens is 290 g/mol. The molecule has 4 fully saturated rings. The molecule has 0 bridgehead atoms. The van der Waals surface area contributed by atoms with Crippen molar-refractivity contribution in [3.63, 3.8) is 0 Å². The highest BCUT2D eigenvalue weighted by Crippen LogP contribution is 2.40. The maximum atomic E-state index is 10.2. The van der Waals surface area contributed by atoms with E-state index in [1.807, 2.05) is 0 Å².